The van der Waals surface area contributed by atoms with Crippen molar-refractivity contribution in [3.63, 3.8) is 0 Å². The molecule has 2 aliphatic rings. The fourth-order valence-corrected chi connectivity index (χ4v) is 7.16. The standard InChI is InChI=1S/C33H35ClN6O3S/c1-20-12-15-37(16-13-20)28-10-8-23(18-26(28)34)39-32(31(36-33(39)44)27-7-5-6-14-35-27)25-17-21(2)38(22(25)3)29-11-9-24(40(41)42)19-30(29)43-4/h5-11,14,17-20,31-32H,12-13,15-16H2,1-4H3,(H,36,44)/t31-,32+/m1/s1. The fraction of sp³-hybridized carbons (Fsp3) is 0.333. The summed E-state index contributed by atoms with van der Waals surface area (Å²) in [5, 5.41) is 16.3. The van der Waals surface area contributed by atoms with Crippen LogP contribution in [0.15, 0.2) is 66.9 Å². The first-order valence-electron chi connectivity index (χ1n) is 14.7. The summed E-state index contributed by atoms with van der Waals surface area (Å²) < 4.78 is 7.69. The Morgan fingerprint density at radius 1 is 1.07 bits per heavy atom. The molecule has 2 aromatic carbocycles. The van der Waals surface area contributed by atoms with Gasteiger partial charge in [-0.2, -0.15) is 0 Å². The lowest BCUT2D eigenvalue weighted by Crippen LogP contribution is -2.33. The molecule has 0 radical (unpaired) electrons. The lowest BCUT2D eigenvalue weighted by molar-refractivity contribution is -0.384. The zero-order valence-corrected chi connectivity index (χ0v) is 26.7. The average molecular weight is 631 g/mol. The lowest BCUT2D eigenvalue weighted by Gasteiger charge is -2.33. The van der Waals surface area contributed by atoms with Crippen molar-refractivity contribution in [1.82, 2.24) is 14.9 Å². The van der Waals surface area contributed by atoms with Gasteiger partial charge >= 0.3 is 0 Å². The molecular formula is C33H35ClN6O3S. The quantitative estimate of drug-likeness (QED) is 0.128. The molecule has 2 aromatic heterocycles. The summed E-state index contributed by atoms with van der Waals surface area (Å²) in [5.74, 6) is 1.15. The molecule has 11 heteroatoms. The highest BCUT2D eigenvalue weighted by Gasteiger charge is 2.42. The Morgan fingerprint density at radius 2 is 1.82 bits per heavy atom. The van der Waals surface area contributed by atoms with Crippen molar-refractivity contribution < 1.29 is 9.66 Å². The van der Waals surface area contributed by atoms with E-state index in [-0.39, 0.29) is 17.8 Å². The molecule has 0 unspecified atom stereocenters. The van der Waals surface area contributed by atoms with Crippen molar-refractivity contribution in [2.45, 2.75) is 45.7 Å². The second-order valence-corrected chi connectivity index (χ2v) is 12.4. The van der Waals surface area contributed by atoms with Gasteiger partial charge in [0.15, 0.2) is 5.11 Å². The molecule has 228 valence electrons. The Morgan fingerprint density at radius 3 is 2.48 bits per heavy atom. The molecule has 0 bridgehead atoms. The minimum absolute atomic E-state index is 0.0283. The van der Waals surface area contributed by atoms with Gasteiger partial charge < -0.3 is 24.4 Å². The maximum absolute atomic E-state index is 11.4. The van der Waals surface area contributed by atoms with Crippen LogP contribution >= 0.6 is 23.8 Å². The number of aromatic nitrogens is 2. The number of nitro benzene ring substituents is 1. The number of nitrogens with zero attached hydrogens (tertiary/aromatic N) is 5. The Bertz CT molecular complexity index is 1720. The number of aryl methyl sites for hydroxylation is 1. The second kappa shape index (κ2) is 12.1. The fourth-order valence-electron chi connectivity index (χ4n) is 6.52. The molecule has 1 N–H and O–H groups in total. The number of piperidine rings is 1. The Kier molecular flexibility index (Phi) is 8.22. The van der Waals surface area contributed by atoms with Gasteiger partial charge in [0.2, 0.25) is 0 Å². The zero-order valence-electron chi connectivity index (χ0n) is 25.2. The molecule has 0 aliphatic carbocycles. The van der Waals surface area contributed by atoms with Crippen LogP contribution in [0.2, 0.25) is 5.02 Å². The third-order valence-electron chi connectivity index (χ3n) is 8.84. The predicted octanol–water partition coefficient (Wildman–Crippen LogP) is 7.47. The first-order valence-corrected chi connectivity index (χ1v) is 15.5. The van der Waals surface area contributed by atoms with Crippen LogP contribution in [-0.4, -0.2) is 39.8 Å². The molecule has 2 aliphatic heterocycles. The number of anilines is 2. The number of ether oxygens (including phenoxy) is 1. The number of pyridine rings is 1. The molecule has 4 heterocycles. The topological polar surface area (TPSA) is 88.7 Å². The number of benzene rings is 2. The molecule has 44 heavy (non-hydrogen) atoms. The summed E-state index contributed by atoms with van der Waals surface area (Å²) in [6.07, 6.45) is 4.10. The van der Waals surface area contributed by atoms with Gasteiger partial charge in [-0.25, -0.2) is 0 Å². The number of halogens is 1. The van der Waals surface area contributed by atoms with Gasteiger partial charge in [0.1, 0.15) is 5.75 Å². The summed E-state index contributed by atoms with van der Waals surface area (Å²) in [6, 6.07) is 18.4. The number of rotatable bonds is 7. The summed E-state index contributed by atoms with van der Waals surface area (Å²) in [4.78, 5) is 20.2. The molecular weight excluding hydrogens is 596 g/mol. The number of nitrogens with one attached hydrogen (secondary N) is 1. The van der Waals surface area contributed by atoms with E-state index in [0.717, 1.165) is 71.6 Å². The van der Waals surface area contributed by atoms with E-state index in [4.69, 9.17) is 33.5 Å². The van der Waals surface area contributed by atoms with Crippen molar-refractivity contribution in [2.24, 2.45) is 5.92 Å². The summed E-state index contributed by atoms with van der Waals surface area (Å²) in [6.45, 7) is 8.35. The van der Waals surface area contributed by atoms with Crippen LogP contribution in [0, 0.1) is 29.9 Å². The highest BCUT2D eigenvalue weighted by molar-refractivity contribution is 7.80. The van der Waals surface area contributed by atoms with Crippen LogP contribution in [0.5, 0.6) is 5.75 Å². The summed E-state index contributed by atoms with van der Waals surface area (Å²) in [5.41, 5.74) is 6.44. The van der Waals surface area contributed by atoms with E-state index in [9.17, 15) is 10.1 Å². The maximum atomic E-state index is 11.4. The van der Waals surface area contributed by atoms with Crippen LogP contribution < -0.4 is 19.9 Å². The van der Waals surface area contributed by atoms with Gasteiger partial charge in [0.05, 0.1) is 52.3 Å². The molecule has 2 fully saturated rings. The van der Waals surface area contributed by atoms with E-state index in [1.54, 1.807) is 12.3 Å². The van der Waals surface area contributed by atoms with Crippen LogP contribution in [0.4, 0.5) is 17.1 Å². The van der Waals surface area contributed by atoms with Crippen LogP contribution in [0.1, 0.15) is 54.5 Å². The molecule has 0 amide bonds. The van der Waals surface area contributed by atoms with Crippen molar-refractivity contribution in [2.75, 3.05) is 30.0 Å². The van der Waals surface area contributed by atoms with E-state index in [1.807, 2.05) is 38.1 Å². The Balaban J connectivity index is 1.45. The van der Waals surface area contributed by atoms with E-state index >= 15 is 0 Å². The number of hydrogen-bond acceptors (Lipinski definition) is 6. The number of nitro groups is 1. The van der Waals surface area contributed by atoms with Gasteiger partial charge in [0, 0.05) is 42.4 Å². The van der Waals surface area contributed by atoms with Crippen molar-refractivity contribution in [3.05, 3.63) is 105 Å². The minimum atomic E-state index is -0.421. The summed E-state index contributed by atoms with van der Waals surface area (Å²) >= 11 is 13.0. The zero-order chi connectivity index (χ0) is 31.1. The number of thiocarbonyl (C=S) groups is 1. The number of hydrogen-bond donors (Lipinski definition) is 1. The lowest BCUT2D eigenvalue weighted by atomic mass is 9.96. The van der Waals surface area contributed by atoms with Crippen LogP contribution in [0.3, 0.4) is 0 Å². The first-order chi connectivity index (χ1) is 21.2. The Hall–Kier alpha value is -4.15. The molecule has 0 spiro atoms. The highest BCUT2D eigenvalue weighted by Crippen LogP contribution is 2.45. The van der Waals surface area contributed by atoms with E-state index in [1.165, 1.54) is 19.2 Å². The van der Waals surface area contributed by atoms with Crippen molar-refractivity contribution in [3.8, 4) is 11.4 Å². The van der Waals surface area contributed by atoms with Gasteiger partial charge in [-0.15, -0.1) is 0 Å². The molecule has 2 atom stereocenters. The highest BCUT2D eigenvalue weighted by atomic mass is 35.5. The molecule has 6 rings (SSSR count). The molecule has 4 aromatic rings. The third kappa shape index (κ3) is 5.37. The average Bonchev–Trinajstić information content (AvgIpc) is 3.52. The second-order valence-electron chi connectivity index (χ2n) is 11.6. The predicted molar refractivity (Wildman–Crippen MR) is 178 cm³/mol. The number of non-ortho nitro benzene ring substituents is 1. The minimum Gasteiger partial charge on any atom is -0.494 e. The molecule has 2 saturated heterocycles. The van der Waals surface area contributed by atoms with Crippen LogP contribution in [0.25, 0.3) is 5.69 Å². The van der Waals surface area contributed by atoms with E-state index in [2.05, 4.69) is 44.8 Å². The van der Waals surface area contributed by atoms with Gasteiger partial charge in [-0.1, -0.05) is 24.6 Å². The SMILES string of the molecule is COc1cc([N+](=O)[O-])ccc1-n1c(C)cc([C@H]2[C@@H](c3ccccn3)NC(=S)N2c2ccc(N3CCC(C)CC3)c(Cl)c2)c1C. The van der Waals surface area contributed by atoms with E-state index < -0.39 is 4.92 Å². The van der Waals surface area contributed by atoms with Gasteiger partial charge in [-0.3, -0.25) is 15.1 Å². The molecule has 9 nitrogen and oxygen atoms in total. The normalized spacial score (nSPS) is 18.9. The third-order valence-corrected chi connectivity index (χ3v) is 9.45. The Labute approximate surface area is 267 Å². The monoisotopic (exact) mass is 630 g/mol. The van der Waals surface area contributed by atoms with Gasteiger partial charge in [-0.05, 0) is 92.9 Å². The van der Waals surface area contributed by atoms with E-state index in [0.29, 0.717) is 15.9 Å². The van der Waals surface area contributed by atoms with Crippen LogP contribution in [-0.2, 0) is 0 Å². The van der Waals surface area contributed by atoms with Gasteiger partial charge in [0.25, 0.3) is 5.69 Å². The first kappa shape index (κ1) is 29.9. The van der Waals surface area contributed by atoms with Crippen molar-refractivity contribution in [1.29, 1.82) is 0 Å². The maximum Gasteiger partial charge on any atom is 0.273 e. The van der Waals surface area contributed by atoms with Crippen molar-refractivity contribution >= 4 is 46.0 Å². The summed E-state index contributed by atoms with van der Waals surface area (Å²) in [7, 11) is 1.52. The molecule has 0 saturated carbocycles. The number of methoxy groups -OCH3 is 1. The largest absolute Gasteiger partial charge is 0.494 e. The smallest absolute Gasteiger partial charge is 0.273 e.